The first kappa shape index (κ1) is 22.4. The molecule has 0 aromatic heterocycles. The Balaban J connectivity index is 1.24. The van der Waals surface area contributed by atoms with Crippen LogP contribution in [0.25, 0.3) is 0 Å². The van der Waals surface area contributed by atoms with Crippen LogP contribution in [0.3, 0.4) is 0 Å². The third-order valence-electron chi connectivity index (χ3n) is 7.43. The lowest BCUT2D eigenvalue weighted by molar-refractivity contribution is -1.02. The molecule has 2 atom stereocenters. The third kappa shape index (κ3) is 3.82. The Bertz CT molecular complexity index is 1170. The molecule has 4 amide bonds. The van der Waals surface area contributed by atoms with E-state index in [0.29, 0.717) is 37.6 Å². The van der Waals surface area contributed by atoms with Gasteiger partial charge in [0.15, 0.2) is 12.1 Å². The highest BCUT2D eigenvalue weighted by molar-refractivity contribution is 6.22. The molecule has 3 aliphatic heterocycles. The minimum Gasteiger partial charge on any atom is -0.315 e. The molecule has 2 aromatic rings. The predicted molar refractivity (Wildman–Crippen MR) is 126 cm³/mol. The highest BCUT2D eigenvalue weighted by Crippen LogP contribution is 2.25. The van der Waals surface area contributed by atoms with Crippen LogP contribution in [-0.2, 0) is 19.2 Å². The van der Waals surface area contributed by atoms with Crippen molar-refractivity contribution in [3.05, 3.63) is 59.7 Å². The van der Waals surface area contributed by atoms with Crippen molar-refractivity contribution < 1.29 is 29.0 Å². The van der Waals surface area contributed by atoms with Crippen LogP contribution in [0.1, 0.15) is 24.0 Å². The van der Waals surface area contributed by atoms with Crippen molar-refractivity contribution in [2.45, 2.75) is 38.8 Å². The maximum Gasteiger partial charge on any atom is 0.292 e. The van der Waals surface area contributed by atoms with Gasteiger partial charge >= 0.3 is 0 Å². The van der Waals surface area contributed by atoms with Gasteiger partial charge in [0.1, 0.15) is 26.2 Å². The summed E-state index contributed by atoms with van der Waals surface area (Å²) in [5.74, 6) is -0.604. The number of hydrogen-bond acceptors (Lipinski definition) is 4. The van der Waals surface area contributed by atoms with Crippen molar-refractivity contribution in [3.8, 4) is 0 Å². The number of rotatable bonds is 4. The fourth-order valence-electron chi connectivity index (χ4n) is 5.60. The molecule has 3 saturated heterocycles. The van der Waals surface area contributed by atoms with E-state index >= 15 is 0 Å². The molecule has 0 spiro atoms. The highest BCUT2D eigenvalue weighted by Gasteiger charge is 2.50. The quantitative estimate of drug-likeness (QED) is 0.574. The first-order valence-corrected chi connectivity index (χ1v) is 11.9. The van der Waals surface area contributed by atoms with E-state index in [1.165, 1.54) is 9.80 Å². The van der Waals surface area contributed by atoms with Gasteiger partial charge in [0.05, 0.1) is 24.2 Å². The zero-order valence-corrected chi connectivity index (χ0v) is 19.5. The average Bonchev–Trinajstić information content (AvgIpc) is 3.28. The Morgan fingerprint density at radius 1 is 0.706 bits per heavy atom. The number of quaternary nitrogens is 2. The van der Waals surface area contributed by atoms with Gasteiger partial charge in [-0.05, 0) is 43.2 Å². The van der Waals surface area contributed by atoms with E-state index in [2.05, 4.69) is 0 Å². The zero-order valence-electron chi connectivity index (χ0n) is 19.5. The summed E-state index contributed by atoms with van der Waals surface area (Å²) < 4.78 is 0. The Morgan fingerprint density at radius 3 is 1.85 bits per heavy atom. The molecule has 0 bridgehead atoms. The summed E-state index contributed by atoms with van der Waals surface area (Å²) in [6, 6.07) is 14.1. The summed E-state index contributed by atoms with van der Waals surface area (Å²) in [7, 11) is 0. The number of nitrogens with zero attached hydrogens (tertiary/aromatic N) is 2. The van der Waals surface area contributed by atoms with Crippen LogP contribution in [0.15, 0.2) is 48.5 Å². The largest absolute Gasteiger partial charge is 0.315 e. The van der Waals surface area contributed by atoms with Crippen molar-refractivity contribution in [2.24, 2.45) is 0 Å². The molecule has 8 nitrogen and oxygen atoms in total. The van der Waals surface area contributed by atoms with Gasteiger partial charge in [0.25, 0.3) is 11.8 Å². The molecule has 8 heteroatoms. The first-order chi connectivity index (χ1) is 16.3. The van der Waals surface area contributed by atoms with Gasteiger partial charge < -0.3 is 9.80 Å². The van der Waals surface area contributed by atoms with Crippen molar-refractivity contribution >= 4 is 35.0 Å². The number of benzene rings is 2. The van der Waals surface area contributed by atoms with Crippen molar-refractivity contribution in [3.63, 3.8) is 0 Å². The standard InChI is InChI=1S/C26H28N4O4/c1-17-6-5-8-19(14-17)29-23(31)15-21(25(29)33)27-10-12-28(13-11-27)22-16-24(32)30(26(22)34)20-9-4-3-7-18(20)2/h3-9,14,21-22H,10-13,15-16H2,1-2H3/p+2/t21-,22-/m1/s1. The molecule has 176 valence electrons. The van der Waals surface area contributed by atoms with Gasteiger partial charge in [0.2, 0.25) is 11.8 Å². The second-order valence-corrected chi connectivity index (χ2v) is 9.59. The molecule has 3 fully saturated rings. The van der Waals surface area contributed by atoms with Crippen LogP contribution >= 0.6 is 0 Å². The first-order valence-electron chi connectivity index (χ1n) is 11.9. The predicted octanol–water partition coefficient (Wildman–Crippen LogP) is -0.949. The van der Waals surface area contributed by atoms with E-state index in [4.69, 9.17) is 0 Å². The summed E-state index contributed by atoms with van der Waals surface area (Å²) in [5.41, 5.74) is 3.20. The smallest absolute Gasteiger partial charge is 0.292 e. The minimum atomic E-state index is -0.390. The fraction of sp³-hybridized carbons (Fsp3) is 0.385. The average molecular weight is 463 g/mol. The number of aryl methyl sites for hydroxylation is 2. The van der Waals surface area contributed by atoms with E-state index in [-0.39, 0.29) is 42.5 Å². The number of amides is 4. The third-order valence-corrected chi connectivity index (χ3v) is 7.43. The van der Waals surface area contributed by atoms with Gasteiger partial charge in [-0.25, -0.2) is 9.80 Å². The molecule has 2 aromatic carbocycles. The summed E-state index contributed by atoms with van der Waals surface area (Å²) in [4.78, 5) is 56.6. The zero-order chi connectivity index (χ0) is 24.0. The molecule has 2 N–H and O–H groups in total. The van der Waals surface area contributed by atoms with Crippen LogP contribution in [0.2, 0.25) is 0 Å². The molecule has 34 heavy (non-hydrogen) atoms. The number of nitrogens with one attached hydrogen (secondary N) is 2. The van der Waals surface area contributed by atoms with Crippen molar-refractivity contribution in [2.75, 3.05) is 36.0 Å². The van der Waals surface area contributed by atoms with E-state index in [1.807, 2.05) is 56.3 Å². The van der Waals surface area contributed by atoms with Crippen LogP contribution in [0.4, 0.5) is 11.4 Å². The van der Waals surface area contributed by atoms with Crippen LogP contribution in [0, 0.1) is 13.8 Å². The normalized spacial score (nSPS) is 27.7. The lowest BCUT2D eigenvalue weighted by Crippen LogP contribution is -3.31. The monoisotopic (exact) mass is 462 g/mol. The van der Waals surface area contributed by atoms with E-state index < -0.39 is 6.04 Å². The minimum absolute atomic E-state index is 0.143. The molecule has 3 heterocycles. The lowest BCUT2D eigenvalue weighted by Gasteiger charge is -2.34. The summed E-state index contributed by atoms with van der Waals surface area (Å²) in [6.45, 7) is 6.57. The van der Waals surface area contributed by atoms with E-state index in [9.17, 15) is 19.2 Å². The number of hydrogen-bond donors (Lipinski definition) is 2. The highest BCUT2D eigenvalue weighted by atomic mass is 16.2. The summed E-state index contributed by atoms with van der Waals surface area (Å²) in [6.07, 6.45) is 0.416. The molecule has 5 rings (SSSR count). The second kappa shape index (κ2) is 8.77. The van der Waals surface area contributed by atoms with Crippen molar-refractivity contribution in [1.29, 1.82) is 0 Å². The number of carbonyl (C=O) groups is 4. The molecule has 0 aliphatic carbocycles. The summed E-state index contributed by atoms with van der Waals surface area (Å²) in [5, 5.41) is 0. The Morgan fingerprint density at radius 2 is 1.26 bits per heavy atom. The number of anilines is 2. The Hall–Kier alpha value is -3.36. The molecule has 0 unspecified atom stereocenters. The summed E-state index contributed by atoms with van der Waals surface area (Å²) >= 11 is 0. The maximum absolute atomic E-state index is 13.2. The number of imide groups is 2. The van der Waals surface area contributed by atoms with Gasteiger partial charge in [0, 0.05) is 0 Å². The van der Waals surface area contributed by atoms with E-state index in [1.54, 1.807) is 6.07 Å². The van der Waals surface area contributed by atoms with Gasteiger partial charge in [-0.15, -0.1) is 0 Å². The van der Waals surface area contributed by atoms with Gasteiger partial charge in [-0.3, -0.25) is 19.2 Å². The molecule has 0 radical (unpaired) electrons. The van der Waals surface area contributed by atoms with Crippen LogP contribution in [0.5, 0.6) is 0 Å². The van der Waals surface area contributed by atoms with E-state index in [0.717, 1.165) is 20.9 Å². The fourth-order valence-corrected chi connectivity index (χ4v) is 5.60. The van der Waals surface area contributed by atoms with Gasteiger partial charge in [-0.2, -0.15) is 0 Å². The SMILES string of the molecule is Cc1cccc(N2C(=O)C[C@@H]([NH+]3CC[NH+]([C@@H]4CC(=O)N(c5ccccc5C)C4=O)CC3)C2=O)c1. The lowest BCUT2D eigenvalue weighted by atomic mass is 10.1. The maximum atomic E-state index is 13.2. The van der Waals surface area contributed by atoms with Crippen LogP contribution in [-0.4, -0.2) is 61.9 Å². The van der Waals surface area contributed by atoms with Gasteiger partial charge in [-0.1, -0.05) is 30.3 Å². The van der Waals surface area contributed by atoms with Crippen LogP contribution < -0.4 is 19.6 Å². The van der Waals surface area contributed by atoms with Crippen molar-refractivity contribution in [1.82, 2.24) is 0 Å². The molecule has 0 saturated carbocycles. The Kier molecular flexibility index (Phi) is 5.79. The number of para-hydroxylation sites is 1. The molecular formula is C26H30N4O4+2. The second-order valence-electron chi connectivity index (χ2n) is 9.59. The molecular weight excluding hydrogens is 432 g/mol. The topological polar surface area (TPSA) is 83.6 Å². The Labute approximate surface area is 198 Å². The molecule has 3 aliphatic rings. The number of carbonyl (C=O) groups excluding carboxylic acids is 4. The number of piperazine rings is 1.